The lowest BCUT2D eigenvalue weighted by Crippen LogP contribution is -2.39. The summed E-state index contributed by atoms with van der Waals surface area (Å²) in [6, 6.07) is 21.2. The minimum atomic E-state index is -0.949. The van der Waals surface area contributed by atoms with Crippen molar-refractivity contribution in [3.63, 3.8) is 0 Å². The molecule has 1 aliphatic rings. The van der Waals surface area contributed by atoms with Crippen molar-refractivity contribution >= 4 is 17.6 Å². The zero-order valence-corrected chi connectivity index (χ0v) is 24.0. The molecule has 224 valence electrons. The number of aliphatic hydroxyl groups is 2. The van der Waals surface area contributed by atoms with Gasteiger partial charge in [0.2, 0.25) is 0 Å². The van der Waals surface area contributed by atoms with E-state index >= 15 is 0 Å². The molecular weight excluding hydrogens is 540 g/mol. The van der Waals surface area contributed by atoms with Crippen molar-refractivity contribution < 1.29 is 39.1 Å². The highest BCUT2D eigenvalue weighted by molar-refractivity contribution is 5.95. The summed E-state index contributed by atoms with van der Waals surface area (Å²) in [5, 5.41) is 32.7. The van der Waals surface area contributed by atoms with E-state index in [1.165, 1.54) is 13.8 Å². The Morgan fingerprint density at radius 3 is 2.48 bits per heavy atom. The van der Waals surface area contributed by atoms with E-state index in [-0.39, 0.29) is 24.6 Å². The van der Waals surface area contributed by atoms with Gasteiger partial charge in [0, 0.05) is 37.7 Å². The molecule has 10 heteroatoms. The van der Waals surface area contributed by atoms with Crippen LogP contribution in [-0.4, -0.2) is 64.4 Å². The molecule has 0 radical (unpaired) electrons. The van der Waals surface area contributed by atoms with Crippen LogP contribution in [0.2, 0.25) is 0 Å². The number of nitrogens with zero attached hydrogens (tertiary/aromatic N) is 1. The van der Waals surface area contributed by atoms with E-state index in [0.717, 1.165) is 11.1 Å². The SMILES string of the molecule is CC(=O)O[C@@H](C)C(=O)Nc1cccc([C@@H]2O[C@H](CN(C)C[C@@H](O)c3cccc(O)c3)C[C@H](c3ccc(CO)cc3)O2)c1. The first-order valence-electron chi connectivity index (χ1n) is 13.9. The van der Waals surface area contributed by atoms with Crippen LogP contribution in [0.5, 0.6) is 5.75 Å². The van der Waals surface area contributed by atoms with Crippen molar-refractivity contribution in [1.29, 1.82) is 0 Å². The largest absolute Gasteiger partial charge is 0.508 e. The number of benzene rings is 3. The molecule has 1 heterocycles. The van der Waals surface area contributed by atoms with Crippen LogP contribution in [0, 0.1) is 0 Å². The summed E-state index contributed by atoms with van der Waals surface area (Å²) in [6.45, 7) is 3.52. The number of aliphatic hydroxyl groups excluding tert-OH is 2. The number of likely N-dealkylation sites (N-methyl/N-ethyl adjacent to an activating group) is 1. The van der Waals surface area contributed by atoms with E-state index in [2.05, 4.69) is 5.32 Å². The Kier molecular flexibility index (Phi) is 10.7. The molecule has 10 nitrogen and oxygen atoms in total. The average molecular weight is 579 g/mol. The second-order valence-corrected chi connectivity index (χ2v) is 10.5. The van der Waals surface area contributed by atoms with Crippen molar-refractivity contribution in [3.8, 4) is 5.75 Å². The van der Waals surface area contributed by atoms with Gasteiger partial charge >= 0.3 is 5.97 Å². The first-order valence-corrected chi connectivity index (χ1v) is 13.9. The van der Waals surface area contributed by atoms with E-state index in [0.29, 0.717) is 36.3 Å². The first-order chi connectivity index (χ1) is 20.1. The highest BCUT2D eigenvalue weighted by Crippen LogP contribution is 2.38. The molecule has 4 N–H and O–H groups in total. The van der Waals surface area contributed by atoms with E-state index in [4.69, 9.17) is 14.2 Å². The molecule has 1 fully saturated rings. The molecule has 4 rings (SSSR count). The Morgan fingerprint density at radius 1 is 1.05 bits per heavy atom. The minimum Gasteiger partial charge on any atom is -0.508 e. The molecule has 1 saturated heterocycles. The third-order valence-electron chi connectivity index (χ3n) is 7.01. The summed E-state index contributed by atoms with van der Waals surface area (Å²) in [5.41, 5.74) is 3.55. The number of hydrogen-bond donors (Lipinski definition) is 4. The molecule has 0 aliphatic carbocycles. The van der Waals surface area contributed by atoms with E-state index < -0.39 is 30.4 Å². The zero-order chi connectivity index (χ0) is 30.2. The summed E-state index contributed by atoms with van der Waals surface area (Å²) in [4.78, 5) is 25.7. The van der Waals surface area contributed by atoms with Crippen molar-refractivity contribution in [2.75, 3.05) is 25.5 Å². The van der Waals surface area contributed by atoms with Crippen LogP contribution < -0.4 is 5.32 Å². The predicted octanol–water partition coefficient (Wildman–Crippen LogP) is 3.99. The highest BCUT2D eigenvalue weighted by atomic mass is 16.7. The lowest BCUT2D eigenvalue weighted by atomic mass is 9.99. The van der Waals surface area contributed by atoms with Crippen molar-refractivity contribution in [2.45, 2.75) is 57.6 Å². The van der Waals surface area contributed by atoms with E-state index in [1.54, 1.807) is 42.5 Å². The molecular formula is C32H38N2O8. The van der Waals surface area contributed by atoms with Gasteiger partial charge in [0.15, 0.2) is 12.4 Å². The van der Waals surface area contributed by atoms with Crippen LogP contribution >= 0.6 is 0 Å². The summed E-state index contributed by atoms with van der Waals surface area (Å²) in [6.07, 6.45) is -2.52. The normalized spacial score (nSPS) is 20.1. The number of carbonyl (C=O) groups is 2. The molecule has 5 atom stereocenters. The third kappa shape index (κ3) is 8.60. The molecule has 0 spiro atoms. The van der Waals surface area contributed by atoms with Crippen molar-refractivity contribution in [1.82, 2.24) is 4.90 Å². The van der Waals surface area contributed by atoms with Crippen LogP contribution in [-0.2, 0) is 30.4 Å². The van der Waals surface area contributed by atoms with Gasteiger partial charge in [-0.2, -0.15) is 0 Å². The van der Waals surface area contributed by atoms with Gasteiger partial charge in [-0.25, -0.2) is 0 Å². The number of phenols is 1. The Hall–Kier alpha value is -3.80. The summed E-state index contributed by atoms with van der Waals surface area (Å²) in [7, 11) is 1.89. The first kappa shape index (κ1) is 31.1. The van der Waals surface area contributed by atoms with Crippen LogP contribution in [0.4, 0.5) is 5.69 Å². The molecule has 0 unspecified atom stereocenters. The van der Waals surface area contributed by atoms with Crippen LogP contribution in [0.15, 0.2) is 72.8 Å². The number of hydrogen-bond acceptors (Lipinski definition) is 9. The number of esters is 1. The average Bonchev–Trinajstić information content (AvgIpc) is 2.96. The number of rotatable bonds is 11. The molecule has 0 aromatic heterocycles. The van der Waals surface area contributed by atoms with Gasteiger partial charge in [0.1, 0.15) is 5.75 Å². The number of nitrogens with one attached hydrogen (secondary N) is 1. The molecule has 3 aromatic carbocycles. The number of anilines is 1. The van der Waals surface area contributed by atoms with Crippen LogP contribution in [0.3, 0.4) is 0 Å². The zero-order valence-electron chi connectivity index (χ0n) is 24.0. The second-order valence-electron chi connectivity index (χ2n) is 10.5. The molecule has 3 aromatic rings. The third-order valence-corrected chi connectivity index (χ3v) is 7.01. The monoisotopic (exact) mass is 578 g/mol. The maximum atomic E-state index is 12.5. The standard InChI is InChI=1S/C32H38N2O8/c1-20(40-21(2)36)31(39)33-26-8-4-7-25(14-26)32-41-28(16-30(42-32)23-12-10-22(19-35)11-13-23)17-34(3)18-29(38)24-6-5-9-27(37)15-24/h4-15,20,28-30,32,35,37-38H,16-19H2,1-3H3,(H,33,39)/t20-,28-,29+,30+,32+/m0/s1. The maximum absolute atomic E-state index is 12.5. The topological polar surface area (TPSA) is 138 Å². The van der Waals surface area contributed by atoms with Crippen LogP contribution in [0.25, 0.3) is 0 Å². The Bertz CT molecular complexity index is 1350. The molecule has 0 bridgehead atoms. The van der Waals surface area contributed by atoms with E-state index in [1.807, 2.05) is 42.3 Å². The number of carbonyl (C=O) groups excluding carboxylic acids is 2. The smallest absolute Gasteiger partial charge is 0.303 e. The van der Waals surface area contributed by atoms with Gasteiger partial charge < -0.3 is 39.7 Å². The lowest BCUT2D eigenvalue weighted by molar-refractivity contribution is -0.252. The van der Waals surface area contributed by atoms with Crippen LogP contribution in [0.1, 0.15) is 61.0 Å². The fourth-order valence-electron chi connectivity index (χ4n) is 4.90. The van der Waals surface area contributed by atoms with Gasteiger partial charge in [0.25, 0.3) is 5.91 Å². The number of aromatic hydroxyl groups is 1. The quantitative estimate of drug-likeness (QED) is 0.249. The summed E-state index contributed by atoms with van der Waals surface area (Å²) < 4.78 is 17.8. The summed E-state index contributed by atoms with van der Waals surface area (Å²) in [5.74, 6) is -0.905. The molecule has 42 heavy (non-hydrogen) atoms. The summed E-state index contributed by atoms with van der Waals surface area (Å²) >= 11 is 0. The van der Waals surface area contributed by atoms with Gasteiger partial charge in [-0.1, -0.05) is 48.5 Å². The second kappa shape index (κ2) is 14.4. The number of ether oxygens (including phenoxy) is 3. The lowest BCUT2D eigenvalue weighted by Gasteiger charge is -2.38. The fraction of sp³-hybridized carbons (Fsp3) is 0.375. The molecule has 1 aliphatic heterocycles. The fourth-order valence-corrected chi connectivity index (χ4v) is 4.90. The Balaban J connectivity index is 1.50. The molecule has 0 saturated carbocycles. The Labute approximate surface area is 245 Å². The van der Waals surface area contributed by atoms with Gasteiger partial charge in [0.05, 0.1) is 24.9 Å². The van der Waals surface area contributed by atoms with Crippen molar-refractivity contribution in [3.05, 3.63) is 95.1 Å². The van der Waals surface area contributed by atoms with Gasteiger partial charge in [-0.15, -0.1) is 0 Å². The predicted molar refractivity (Wildman–Crippen MR) is 155 cm³/mol. The van der Waals surface area contributed by atoms with Crippen molar-refractivity contribution in [2.24, 2.45) is 0 Å². The molecule has 1 amide bonds. The van der Waals surface area contributed by atoms with Gasteiger partial charge in [-0.05, 0) is 54.9 Å². The minimum absolute atomic E-state index is 0.0545. The van der Waals surface area contributed by atoms with E-state index in [9.17, 15) is 24.9 Å². The highest BCUT2D eigenvalue weighted by Gasteiger charge is 2.33. The Morgan fingerprint density at radius 2 is 1.79 bits per heavy atom. The van der Waals surface area contributed by atoms with Gasteiger partial charge in [-0.3, -0.25) is 9.59 Å². The number of amides is 1. The maximum Gasteiger partial charge on any atom is 0.303 e. The number of phenolic OH excluding ortho intramolecular Hbond substituents is 1.